The molecule has 1 spiro atoms. The molecule has 2 fully saturated rings. The van der Waals surface area contributed by atoms with Crippen LogP contribution in [0.4, 0.5) is 8.78 Å². The molecule has 1 aliphatic carbocycles. The van der Waals surface area contributed by atoms with Crippen molar-refractivity contribution >= 4 is 0 Å². The summed E-state index contributed by atoms with van der Waals surface area (Å²) in [7, 11) is 0. The molecule has 138 valence electrons. The fraction of sp³-hybridized carbons (Fsp3) is 0.579. The Kier molecular flexibility index (Phi) is 4.65. The summed E-state index contributed by atoms with van der Waals surface area (Å²) >= 11 is 0. The quantitative estimate of drug-likeness (QED) is 0.833. The zero-order valence-corrected chi connectivity index (χ0v) is 14.7. The molecule has 7 heteroatoms. The molecule has 0 atom stereocenters. The topological polar surface area (TPSA) is 54.8 Å². The summed E-state index contributed by atoms with van der Waals surface area (Å²) in [5.74, 6) is -1.89. The molecule has 4 rings (SSSR count). The lowest BCUT2D eigenvalue weighted by atomic mass is 9.73. The first-order chi connectivity index (χ1) is 12.6. The molecule has 1 aliphatic heterocycles. The van der Waals surface area contributed by atoms with Crippen LogP contribution < -0.4 is 0 Å². The van der Waals surface area contributed by atoms with Crippen molar-refractivity contribution < 1.29 is 8.78 Å². The number of likely N-dealkylation sites (tertiary alicyclic amines) is 1. The highest BCUT2D eigenvalue weighted by Gasteiger charge is 2.47. The Hall–Kier alpha value is -2.02. The van der Waals surface area contributed by atoms with Gasteiger partial charge < -0.3 is 0 Å². The van der Waals surface area contributed by atoms with Crippen LogP contribution in [-0.2, 0) is 6.54 Å². The molecule has 0 N–H and O–H groups in total. The molecule has 3 heterocycles. The summed E-state index contributed by atoms with van der Waals surface area (Å²) in [5.41, 5.74) is 1.72. The Balaban J connectivity index is 1.48. The van der Waals surface area contributed by atoms with Gasteiger partial charge in [-0.15, -0.1) is 0 Å². The normalized spacial score (nSPS) is 22.4. The average molecular weight is 359 g/mol. The zero-order valence-electron chi connectivity index (χ0n) is 14.7. The monoisotopic (exact) mass is 359 g/mol. The molecular formula is C19H23F2N5. The maximum absolute atomic E-state index is 13.7. The summed E-state index contributed by atoms with van der Waals surface area (Å²) in [5, 5.41) is 0. The minimum Gasteiger partial charge on any atom is -0.293 e. The number of halogens is 2. The first-order valence-electron chi connectivity index (χ1n) is 9.26. The Labute approximate surface area is 151 Å². The van der Waals surface area contributed by atoms with Crippen LogP contribution in [-0.4, -0.2) is 42.8 Å². The van der Waals surface area contributed by atoms with Crippen molar-refractivity contribution in [1.82, 2.24) is 24.8 Å². The van der Waals surface area contributed by atoms with Crippen LogP contribution in [0.5, 0.6) is 0 Å². The van der Waals surface area contributed by atoms with Gasteiger partial charge in [0.2, 0.25) is 5.92 Å². The molecule has 2 aromatic rings. The summed E-state index contributed by atoms with van der Waals surface area (Å²) in [4.78, 5) is 19.2. The van der Waals surface area contributed by atoms with E-state index in [0.717, 1.165) is 43.5 Å². The van der Waals surface area contributed by atoms with Crippen LogP contribution in [0.15, 0.2) is 31.1 Å². The SMILES string of the molecule is FC1(F)CCC2(CCCCN2Cc2cnc(-c3cncnc3)nc2)CC1. The van der Waals surface area contributed by atoms with Crippen LogP contribution in [0.25, 0.3) is 11.4 Å². The standard InChI is InChI=1S/C19H23F2N5/c20-19(21)6-4-18(5-7-19)3-1-2-8-26(18)13-15-9-24-17(25-10-15)16-11-22-14-23-12-16/h9-12,14H,1-8,13H2. The van der Waals surface area contributed by atoms with Crippen molar-refractivity contribution in [3.63, 3.8) is 0 Å². The molecule has 0 bridgehead atoms. The van der Waals surface area contributed by atoms with Crippen molar-refractivity contribution in [1.29, 1.82) is 0 Å². The number of piperidine rings is 1. The van der Waals surface area contributed by atoms with E-state index in [4.69, 9.17) is 0 Å². The Morgan fingerprint density at radius 1 is 0.885 bits per heavy atom. The van der Waals surface area contributed by atoms with Crippen molar-refractivity contribution in [2.24, 2.45) is 0 Å². The van der Waals surface area contributed by atoms with Gasteiger partial charge in [0.25, 0.3) is 0 Å². The third-order valence-electron chi connectivity index (χ3n) is 5.80. The highest BCUT2D eigenvalue weighted by atomic mass is 19.3. The number of rotatable bonds is 3. The van der Waals surface area contributed by atoms with E-state index in [0.29, 0.717) is 18.7 Å². The van der Waals surface area contributed by atoms with E-state index in [2.05, 4.69) is 24.8 Å². The second-order valence-electron chi connectivity index (χ2n) is 7.50. The molecule has 0 unspecified atom stereocenters. The van der Waals surface area contributed by atoms with Gasteiger partial charge in [0.05, 0.1) is 5.56 Å². The third kappa shape index (κ3) is 3.58. The maximum atomic E-state index is 13.7. The Bertz CT molecular complexity index is 725. The van der Waals surface area contributed by atoms with E-state index >= 15 is 0 Å². The average Bonchev–Trinajstić information content (AvgIpc) is 2.67. The van der Waals surface area contributed by atoms with E-state index in [1.54, 1.807) is 12.4 Å². The fourth-order valence-corrected chi connectivity index (χ4v) is 4.27. The maximum Gasteiger partial charge on any atom is 0.248 e. The van der Waals surface area contributed by atoms with Crippen LogP contribution >= 0.6 is 0 Å². The van der Waals surface area contributed by atoms with E-state index in [1.807, 2.05) is 12.4 Å². The minimum absolute atomic E-state index is 0.00689. The van der Waals surface area contributed by atoms with Crippen molar-refractivity contribution in [3.05, 3.63) is 36.7 Å². The second-order valence-corrected chi connectivity index (χ2v) is 7.50. The van der Waals surface area contributed by atoms with Crippen LogP contribution in [0.3, 0.4) is 0 Å². The molecule has 0 amide bonds. The van der Waals surface area contributed by atoms with Crippen LogP contribution in [0.1, 0.15) is 50.5 Å². The fourth-order valence-electron chi connectivity index (χ4n) is 4.27. The summed E-state index contributed by atoms with van der Waals surface area (Å²) in [6.07, 6.45) is 13.0. The zero-order chi connectivity index (χ0) is 18.0. The van der Waals surface area contributed by atoms with Gasteiger partial charge in [-0.25, -0.2) is 28.7 Å². The van der Waals surface area contributed by atoms with E-state index in [-0.39, 0.29) is 18.4 Å². The van der Waals surface area contributed by atoms with Gasteiger partial charge in [-0.05, 0) is 32.2 Å². The second kappa shape index (κ2) is 6.95. The Morgan fingerprint density at radius 3 is 2.27 bits per heavy atom. The summed E-state index contributed by atoms with van der Waals surface area (Å²) in [6, 6.07) is 0. The molecule has 2 aromatic heterocycles. The van der Waals surface area contributed by atoms with Crippen LogP contribution in [0.2, 0.25) is 0 Å². The lowest BCUT2D eigenvalue weighted by Crippen LogP contribution is -2.54. The smallest absolute Gasteiger partial charge is 0.248 e. The van der Waals surface area contributed by atoms with E-state index in [9.17, 15) is 8.78 Å². The number of hydrogen-bond donors (Lipinski definition) is 0. The summed E-state index contributed by atoms with van der Waals surface area (Å²) in [6.45, 7) is 1.68. The first-order valence-corrected chi connectivity index (χ1v) is 9.26. The molecule has 26 heavy (non-hydrogen) atoms. The van der Waals surface area contributed by atoms with E-state index in [1.165, 1.54) is 6.33 Å². The lowest BCUT2D eigenvalue weighted by molar-refractivity contribution is -0.0945. The highest BCUT2D eigenvalue weighted by Crippen LogP contribution is 2.46. The van der Waals surface area contributed by atoms with Gasteiger partial charge in [-0.1, -0.05) is 6.42 Å². The van der Waals surface area contributed by atoms with Gasteiger partial charge in [0.15, 0.2) is 5.82 Å². The molecular weight excluding hydrogens is 336 g/mol. The minimum atomic E-state index is -2.49. The van der Waals surface area contributed by atoms with Gasteiger partial charge in [-0.3, -0.25) is 4.90 Å². The molecule has 0 aromatic carbocycles. The van der Waals surface area contributed by atoms with Gasteiger partial charge >= 0.3 is 0 Å². The number of hydrogen-bond acceptors (Lipinski definition) is 5. The lowest BCUT2D eigenvalue weighted by Gasteiger charge is -2.51. The molecule has 5 nitrogen and oxygen atoms in total. The van der Waals surface area contributed by atoms with Crippen LogP contribution in [0, 0.1) is 0 Å². The van der Waals surface area contributed by atoms with Crippen molar-refractivity contribution in [3.8, 4) is 11.4 Å². The first kappa shape index (κ1) is 17.4. The van der Waals surface area contributed by atoms with Gasteiger partial charge in [-0.2, -0.15) is 0 Å². The highest BCUT2D eigenvalue weighted by molar-refractivity contribution is 5.50. The molecule has 0 radical (unpaired) electrons. The van der Waals surface area contributed by atoms with Gasteiger partial charge in [0.1, 0.15) is 6.33 Å². The molecule has 1 saturated heterocycles. The predicted octanol–water partition coefficient (Wildman–Crippen LogP) is 3.87. The van der Waals surface area contributed by atoms with Crippen molar-refractivity contribution in [2.45, 2.75) is 63.0 Å². The van der Waals surface area contributed by atoms with E-state index < -0.39 is 5.92 Å². The van der Waals surface area contributed by atoms with Crippen molar-refractivity contribution in [2.75, 3.05) is 6.54 Å². The summed E-state index contributed by atoms with van der Waals surface area (Å²) < 4.78 is 27.3. The molecule has 2 aliphatic rings. The number of aromatic nitrogens is 4. The predicted molar refractivity (Wildman–Crippen MR) is 93.5 cm³/mol. The van der Waals surface area contributed by atoms with Gasteiger partial charge in [0, 0.05) is 55.3 Å². The Morgan fingerprint density at radius 2 is 1.58 bits per heavy atom. The third-order valence-corrected chi connectivity index (χ3v) is 5.80. The number of nitrogens with zero attached hydrogens (tertiary/aromatic N) is 5. The molecule has 1 saturated carbocycles. The number of alkyl halides is 2. The largest absolute Gasteiger partial charge is 0.293 e.